The average molecular weight is 456 g/mol. The van der Waals surface area contributed by atoms with E-state index in [4.69, 9.17) is 14.2 Å². The Balaban J connectivity index is 2.05. The molecule has 0 saturated carbocycles. The zero-order chi connectivity index (χ0) is 24.0. The van der Waals surface area contributed by atoms with Crippen molar-refractivity contribution in [2.45, 2.75) is 66.2 Å². The number of para-hydroxylation sites is 1. The van der Waals surface area contributed by atoms with Gasteiger partial charge in [0.2, 0.25) is 0 Å². The minimum absolute atomic E-state index is 0.0641. The highest BCUT2D eigenvalue weighted by molar-refractivity contribution is 6.04. The van der Waals surface area contributed by atoms with Gasteiger partial charge in [-0.05, 0) is 38.2 Å². The first kappa shape index (κ1) is 25.0. The van der Waals surface area contributed by atoms with Crippen LogP contribution in [0.15, 0.2) is 46.8 Å². The molecular weight excluding hydrogens is 418 g/mol. The van der Waals surface area contributed by atoms with Crippen LogP contribution in [0.2, 0.25) is 0 Å². The van der Waals surface area contributed by atoms with E-state index in [2.05, 4.69) is 26.1 Å². The zero-order valence-electron chi connectivity index (χ0n) is 20.6. The van der Waals surface area contributed by atoms with Crippen molar-refractivity contribution in [3.63, 3.8) is 0 Å². The smallest absolute Gasteiger partial charge is 0.336 e. The summed E-state index contributed by atoms with van der Waals surface area (Å²) in [5, 5.41) is 3.37. The molecule has 1 heterocycles. The Morgan fingerprint density at radius 1 is 1.12 bits per heavy atom. The summed E-state index contributed by atoms with van der Waals surface area (Å²) in [4.78, 5) is 26.7. The number of ether oxygens (including phenoxy) is 3. The van der Waals surface area contributed by atoms with Gasteiger partial charge in [0, 0.05) is 35.6 Å². The van der Waals surface area contributed by atoms with Crippen molar-refractivity contribution in [1.82, 2.24) is 5.32 Å². The van der Waals surface area contributed by atoms with Gasteiger partial charge in [-0.25, -0.2) is 4.79 Å². The van der Waals surface area contributed by atoms with E-state index in [0.29, 0.717) is 48.8 Å². The molecule has 0 bridgehead atoms. The summed E-state index contributed by atoms with van der Waals surface area (Å²) in [5.74, 6) is -0.191. The van der Waals surface area contributed by atoms with Crippen LogP contribution in [0.5, 0.6) is 5.75 Å². The van der Waals surface area contributed by atoms with Gasteiger partial charge in [-0.15, -0.1) is 0 Å². The van der Waals surface area contributed by atoms with Crippen molar-refractivity contribution in [2.75, 3.05) is 26.4 Å². The Hall–Kier alpha value is -2.60. The molecule has 3 rings (SSSR count). The predicted molar refractivity (Wildman–Crippen MR) is 128 cm³/mol. The van der Waals surface area contributed by atoms with Gasteiger partial charge in [-0.2, -0.15) is 0 Å². The first-order chi connectivity index (χ1) is 15.8. The number of ketones is 1. The molecule has 0 spiro atoms. The number of rotatable bonds is 10. The minimum Gasteiger partial charge on any atom is -0.493 e. The summed E-state index contributed by atoms with van der Waals surface area (Å²) in [6.07, 6.45) is 3.14. The Labute approximate surface area is 197 Å². The number of Topliss-reactive ketones (excluding diaryl/α,β-unsaturated/α-hetero) is 1. The van der Waals surface area contributed by atoms with E-state index in [1.54, 1.807) is 0 Å². The molecule has 6 nitrogen and oxygen atoms in total. The summed E-state index contributed by atoms with van der Waals surface area (Å²) in [6.45, 7) is 11.7. The first-order valence-electron chi connectivity index (χ1n) is 12.0. The van der Waals surface area contributed by atoms with E-state index in [1.165, 1.54) is 0 Å². The molecule has 0 aromatic heterocycles. The van der Waals surface area contributed by atoms with Gasteiger partial charge in [0.25, 0.3) is 0 Å². The second-order valence-electron chi connectivity index (χ2n) is 9.50. The molecule has 1 aromatic rings. The van der Waals surface area contributed by atoms with Gasteiger partial charge in [0.05, 0.1) is 24.7 Å². The molecule has 2 aliphatic rings. The van der Waals surface area contributed by atoms with Crippen LogP contribution in [-0.4, -0.2) is 38.2 Å². The van der Waals surface area contributed by atoms with Crippen LogP contribution in [0.1, 0.15) is 71.8 Å². The summed E-state index contributed by atoms with van der Waals surface area (Å²) in [7, 11) is 0. The van der Waals surface area contributed by atoms with Crippen LogP contribution in [0.4, 0.5) is 0 Å². The predicted octanol–water partition coefficient (Wildman–Crippen LogP) is 5.05. The molecule has 1 atom stereocenters. The molecule has 0 fully saturated rings. The number of dihydropyridines is 1. The molecule has 1 aromatic carbocycles. The fraction of sp³-hybridized carbons (Fsp3) is 0.556. The van der Waals surface area contributed by atoms with Crippen molar-refractivity contribution in [2.24, 2.45) is 5.41 Å². The molecule has 1 aliphatic carbocycles. The molecule has 180 valence electrons. The number of unbranched alkanes of at least 4 members (excludes halogenated alkanes) is 1. The maximum Gasteiger partial charge on any atom is 0.336 e. The van der Waals surface area contributed by atoms with Gasteiger partial charge in [-0.3, -0.25) is 4.79 Å². The van der Waals surface area contributed by atoms with E-state index in [1.807, 2.05) is 38.1 Å². The second-order valence-corrected chi connectivity index (χ2v) is 9.50. The number of allylic oxidation sites excluding steroid dienone is 3. The molecule has 0 amide bonds. The molecule has 0 radical (unpaired) electrons. The number of hydrogen-bond donors (Lipinski definition) is 1. The molecule has 1 N–H and O–H groups in total. The highest BCUT2D eigenvalue weighted by atomic mass is 16.6. The number of carbonyl (C=O) groups is 2. The lowest BCUT2D eigenvalue weighted by molar-refractivity contribution is -0.140. The quantitative estimate of drug-likeness (QED) is 0.393. The fourth-order valence-corrected chi connectivity index (χ4v) is 4.61. The van der Waals surface area contributed by atoms with Gasteiger partial charge in [0.15, 0.2) is 5.78 Å². The fourth-order valence-electron chi connectivity index (χ4n) is 4.61. The monoisotopic (exact) mass is 455 g/mol. The molecule has 6 heteroatoms. The Morgan fingerprint density at radius 2 is 1.88 bits per heavy atom. The standard InChI is InChI=1S/C27H37NO5/c1-6-8-13-32-22-12-10-9-11-19(22)24-23(26(30)33-15-14-31-7-2)18(3)28-20-16-27(4,5)17-21(29)25(20)24/h9-12,24,28H,6-8,13-17H2,1-5H3/t24-/m1/s1. The lowest BCUT2D eigenvalue weighted by Crippen LogP contribution is -2.39. The molecule has 0 saturated heterocycles. The van der Waals surface area contributed by atoms with Crippen LogP contribution < -0.4 is 10.1 Å². The average Bonchev–Trinajstić information content (AvgIpc) is 2.75. The lowest BCUT2D eigenvalue weighted by Gasteiger charge is -2.39. The maximum absolute atomic E-state index is 13.4. The van der Waals surface area contributed by atoms with Crippen molar-refractivity contribution in [1.29, 1.82) is 0 Å². The van der Waals surface area contributed by atoms with Crippen molar-refractivity contribution in [3.8, 4) is 5.75 Å². The van der Waals surface area contributed by atoms with Crippen molar-refractivity contribution in [3.05, 3.63) is 52.4 Å². The normalized spacial score (nSPS) is 19.8. The van der Waals surface area contributed by atoms with Crippen LogP contribution in [0, 0.1) is 5.41 Å². The van der Waals surface area contributed by atoms with Crippen LogP contribution in [0.25, 0.3) is 0 Å². The number of hydrogen-bond acceptors (Lipinski definition) is 6. The number of benzene rings is 1. The number of nitrogens with one attached hydrogen (secondary N) is 1. The Bertz CT molecular complexity index is 944. The van der Waals surface area contributed by atoms with Gasteiger partial charge in [-0.1, -0.05) is 45.4 Å². The van der Waals surface area contributed by atoms with E-state index < -0.39 is 11.9 Å². The number of carbonyl (C=O) groups excluding carboxylic acids is 2. The summed E-state index contributed by atoms with van der Waals surface area (Å²) >= 11 is 0. The molecular formula is C27H37NO5. The minimum atomic E-state index is -0.526. The summed E-state index contributed by atoms with van der Waals surface area (Å²) in [6, 6.07) is 7.71. The van der Waals surface area contributed by atoms with E-state index in [0.717, 1.165) is 30.5 Å². The highest BCUT2D eigenvalue weighted by Gasteiger charge is 2.44. The lowest BCUT2D eigenvalue weighted by atomic mass is 9.68. The zero-order valence-corrected chi connectivity index (χ0v) is 20.6. The molecule has 33 heavy (non-hydrogen) atoms. The van der Waals surface area contributed by atoms with Crippen LogP contribution in [0.3, 0.4) is 0 Å². The van der Waals surface area contributed by atoms with Gasteiger partial charge in [0.1, 0.15) is 12.4 Å². The molecule has 0 unspecified atom stereocenters. The topological polar surface area (TPSA) is 73.9 Å². The number of esters is 1. The summed E-state index contributed by atoms with van der Waals surface area (Å²) < 4.78 is 17.0. The third-order valence-corrected chi connectivity index (χ3v) is 6.11. The van der Waals surface area contributed by atoms with Crippen molar-refractivity contribution < 1.29 is 23.8 Å². The van der Waals surface area contributed by atoms with E-state index in [-0.39, 0.29) is 17.8 Å². The first-order valence-corrected chi connectivity index (χ1v) is 12.0. The van der Waals surface area contributed by atoms with E-state index in [9.17, 15) is 9.59 Å². The van der Waals surface area contributed by atoms with E-state index >= 15 is 0 Å². The van der Waals surface area contributed by atoms with Crippen LogP contribution >= 0.6 is 0 Å². The van der Waals surface area contributed by atoms with Gasteiger partial charge < -0.3 is 19.5 Å². The maximum atomic E-state index is 13.4. The SMILES string of the molecule is CCCCOc1ccccc1[C@@H]1C(C(=O)OCCOCC)=C(C)NC2=C1C(=O)CC(C)(C)C2. The summed E-state index contributed by atoms with van der Waals surface area (Å²) in [5.41, 5.74) is 3.42. The van der Waals surface area contributed by atoms with Crippen molar-refractivity contribution >= 4 is 11.8 Å². The Kier molecular flexibility index (Phi) is 8.35. The largest absolute Gasteiger partial charge is 0.493 e. The Morgan fingerprint density at radius 3 is 2.61 bits per heavy atom. The second kappa shape index (κ2) is 11.0. The highest BCUT2D eigenvalue weighted by Crippen LogP contribution is 2.48. The third kappa shape index (κ3) is 5.85. The molecule has 1 aliphatic heterocycles. The van der Waals surface area contributed by atoms with Gasteiger partial charge >= 0.3 is 5.97 Å². The van der Waals surface area contributed by atoms with Crippen LogP contribution in [-0.2, 0) is 19.1 Å². The third-order valence-electron chi connectivity index (χ3n) is 6.11.